The van der Waals surface area contributed by atoms with Crippen molar-refractivity contribution in [2.45, 2.75) is 39.2 Å². The lowest BCUT2D eigenvalue weighted by Crippen LogP contribution is -2.48. The van der Waals surface area contributed by atoms with Crippen LogP contribution in [0.1, 0.15) is 44.0 Å². The van der Waals surface area contributed by atoms with E-state index in [2.05, 4.69) is 16.0 Å². The second-order valence-corrected chi connectivity index (χ2v) is 9.72. The fourth-order valence-corrected chi connectivity index (χ4v) is 4.00. The van der Waals surface area contributed by atoms with Crippen LogP contribution in [-0.2, 0) is 9.53 Å². The van der Waals surface area contributed by atoms with Crippen molar-refractivity contribution in [2.75, 3.05) is 13.1 Å². The van der Waals surface area contributed by atoms with Crippen LogP contribution in [0, 0.1) is 5.92 Å². The van der Waals surface area contributed by atoms with Gasteiger partial charge in [-0.3, -0.25) is 20.4 Å². The number of nitrogens with zero attached hydrogens (tertiary/aromatic N) is 3. The molecule has 0 bridgehead atoms. The molecule has 3 aromatic rings. The van der Waals surface area contributed by atoms with Gasteiger partial charge in [0.2, 0.25) is 5.91 Å². The summed E-state index contributed by atoms with van der Waals surface area (Å²) in [7, 11) is 0. The number of ether oxygens (including phenoxy) is 1. The highest BCUT2D eigenvalue weighted by atomic mass is 16.6. The SMILES string of the molecule is CC(C)(C)OC(=O)N1CCC(C(=O)NNC(=O)c2cn(-c3ccccc3)nc2-c2ccccc2)CC1. The molecular weight excluding hydrogens is 458 g/mol. The quantitative estimate of drug-likeness (QED) is 0.540. The van der Waals surface area contributed by atoms with E-state index in [-0.39, 0.29) is 17.9 Å². The molecule has 2 heterocycles. The Balaban J connectivity index is 1.40. The van der Waals surface area contributed by atoms with Crippen LogP contribution in [0.25, 0.3) is 16.9 Å². The summed E-state index contributed by atoms with van der Waals surface area (Å²) in [6.45, 7) is 6.30. The molecule has 4 rings (SSSR count). The molecule has 1 saturated heterocycles. The van der Waals surface area contributed by atoms with E-state index in [0.29, 0.717) is 37.2 Å². The van der Waals surface area contributed by atoms with Crippen molar-refractivity contribution in [3.63, 3.8) is 0 Å². The number of nitrogens with one attached hydrogen (secondary N) is 2. The number of likely N-dealkylation sites (tertiary alicyclic amines) is 1. The summed E-state index contributed by atoms with van der Waals surface area (Å²) in [5.74, 6) is -1.07. The van der Waals surface area contributed by atoms with Crippen molar-refractivity contribution in [2.24, 2.45) is 5.92 Å². The molecule has 188 valence electrons. The molecule has 1 fully saturated rings. The summed E-state index contributed by atoms with van der Waals surface area (Å²) in [5, 5.41) is 4.63. The van der Waals surface area contributed by atoms with Crippen LogP contribution in [0.3, 0.4) is 0 Å². The fourth-order valence-electron chi connectivity index (χ4n) is 4.00. The first kappa shape index (κ1) is 25.0. The zero-order valence-corrected chi connectivity index (χ0v) is 20.7. The van der Waals surface area contributed by atoms with Gasteiger partial charge in [0.1, 0.15) is 11.3 Å². The highest BCUT2D eigenvalue weighted by molar-refractivity contribution is 6.00. The van der Waals surface area contributed by atoms with Crippen molar-refractivity contribution in [1.82, 2.24) is 25.5 Å². The first-order valence-electron chi connectivity index (χ1n) is 12.0. The maximum atomic E-state index is 13.1. The third-order valence-corrected chi connectivity index (χ3v) is 5.84. The molecular formula is C27H31N5O4. The number of hydrogen-bond donors (Lipinski definition) is 2. The molecule has 2 aromatic carbocycles. The van der Waals surface area contributed by atoms with E-state index in [1.54, 1.807) is 15.8 Å². The first-order valence-corrected chi connectivity index (χ1v) is 12.0. The van der Waals surface area contributed by atoms with Gasteiger partial charge >= 0.3 is 6.09 Å². The monoisotopic (exact) mass is 489 g/mol. The third kappa shape index (κ3) is 6.10. The van der Waals surface area contributed by atoms with E-state index < -0.39 is 11.5 Å². The van der Waals surface area contributed by atoms with Gasteiger partial charge in [0, 0.05) is 30.8 Å². The van der Waals surface area contributed by atoms with Crippen molar-refractivity contribution >= 4 is 17.9 Å². The number of carbonyl (C=O) groups is 3. The largest absolute Gasteiger partial charge is 0.444 e. The van der Waals surface area contributed by atoms with Gasteiger partial charge in [-0.05, 0) is 45.7 Å². The van der Waals surface area contributed by atoms with E-state index in [4.69, 9.17) is 4.74 Å². The Morgan fingerprint density at radius 2 is 1.53 bits per heavy atom. The number of carbonyl (C=O) groups excluding carboxylic acids is 3. The Bertz CT molecular complexity index is 1210. The van der Waals surface area contributed by atoms with Gasteiger partial charge in [-0.2, -0.15) is 5.10 Å². The van der Waals surface area contributed by atoms with Gasteiger partial charge in [0.05, 0.1) is 11.3 Å². The van der Waals surface area contributed by atoms with Gasteiger partial charge < -0.3 is 9.64 Å². The van der Waals surface area contributed by atoms with E-state index in [9.17, 15) is 14.4 Å². The minimum absolute atomic E-state index is 0.288. The van der Waals surface area contributed by atoms with Crippen LogP contribution in [0.4, 0.5) is 4.79 Å². The Kier molecular flexibility index (Phi) is 7.38. The molecule has 0 saturated carbocycles. The molecule has 1 aromatic heterocycles. The molecule has 0 atom stereocenters. The number of benzene rings is 2. The Morgan fingerprint density at radius 1 is 0.917 bits per heavy atom. The highest BCUT2D eigenvalue weighted by Crippen LogP contribution is 2.24. The van der Waals surface area contributed by atoms with Gasteiger partial charge in [-0.25, -0.2) is 9.48 Å². The van der Waals surface area contributed by atoms with Gasteiger partial charge in [-0.1, -0.05) is 48.5 Å². The van der Waals surface area contributed by atoms with Crippen LogP contribution >= 0.6 is 0 Å². The number of amides is 3. The Morgan fingerprint density at radius 3 is 2.14 bits per heavy atom. The maximum absolute atomic E-state index is 13.1. The standard InChI is InChI=1S/C27H31N5O4/c1-27(2,3)36-26(35)31-16-14-20(15-17-31)24(33)28-29-25(34)22-18-32(21-12-8-5-9-13-21)30-23(22)19-10-6-4-7-11-19/h4-13,18,20H,14-17H2,1-3H3,(H,28,33)(H,29,34). The van der Waals surface area contributed by atoms with E-state index in [1.165, 1.54) is 0 Å². The summed E-state index contributed by atoms with van der Waals surface area (Å²) >= 11 is 0. The molecule has 36 heavy (non-hydrogen) atoms. The number of rotatable bonds is 4. The number of hydrazine groups is 1. The third-order valence-electron chi connectivity index (χ3n) is 5.84. The van der Waals surface area contributed by atoms with Crippen LogP contribution in [0.15, 0.2) is 66.9 Å². The van der Waals surface area contributed by atoms with Crippen molar-refractivity contribution in [3.8, 4) is 16.9 Å². The van der Waals surface area contributed by atoms with E-state index in [0.717, 1.165) is 11.3 Å². The summed E-state index contributed by atoms with van der Waals surface area (Å²) in [6.07, 6.45) is 2.25. The van der Waals surface area contributed by atoms with Gasteiger partial charge in [-0.15, -0.1) is 0 Å². The average Bonchev–Trinajstić information content (AvgIpc) is 3.33. The summed E-state index contributed by atoms with van der Waals surface area (Å²) < 4.78 is 7.05. The highest BCUT2D eigenvalue weighted by Gasteiger charge is 2.30. The molecule has 3 amide bonds. The average molecular weight is 490 g/mol. The van der Waals surface area contributed by atoms with Crippen LogP contribution < -0.4 is 10.9 Å². The number of para-hydroxylation sites is 1. The molecule has 0 radical (unpaired) electrons. The van der Waals surface area contributed by atoms with E-state index >= 15 is 0 Å². The predicted octanol–water partition coefficient (Wildman–Crippen LogP) is 3.95. The topological polar surface area (TPSA) is 106 Å². The molecule has 9 nitrogen and oxygen atoms in total. The zero-order valence-electron chi connectivity index (χ0n) is 20.7. The maximum Gasteiger partial charge on any atom is 0.410 e. The molecule has 2 N–H and O–H groups in total. The smallest absolute Gasteiger partial charge is 0.410 e. The van der Waals surface area contributed by atoms with Gasteiger partial charge in [0.25, 0.3) is 5.91 Å². The van der Waals surface area contributed by atoms with Crippen LogP contribution in [0.2, 0.25) is 0 Å². The number of piperidine rings is 1. The number of aromatic nitrogens is 2. The molecule has 0 spiro atoms. The minimum Gasteiger partial charge on any atom is -0.444 e. The number of hydrogen-bond acceptors (Lipinski definition) is 5. The van der Waals surface area contributed by atoms with Crippen molar-refractivity contribution < 1.29 is 19.1 Å². The van der Waals surface area contributed by atoms with E-state index in [1.807, 2.05) is 81.4 Å². The zero-order chi connectivity index (χ0) is 25.7. The normalized spacial score (nSPS) is 14.2. The molecule has 0 unspecified atom stereocenters. The molecule has 1 aliphatic heterocycles. The fraction of sp³-hybridized carbons (Fsp3) is 0.333. The lowest BCUT2D eigenvalue weighted by Gasteiger charge is -2.32. The summed E-state index contributed by atoms with van der Waals surface area (Å²) in [5.41, 5.74) is 6.98. The van der Waals surface area contributed by atoms with Crippen LogP contribution in [0.5, 0.6) is 0 Å². The Labute approximate surface area is 210 Å². The van der Waals surface area contributed by atoms with Crippen LogP contribution in [-0.4, -0.2) is 51.3 Å². The molecule has 9 heteroatoms. The van der Waals surface area contributed by atoms with Crippen molar-refractivity contribution in [1.29, 1.82) is 0 Å². The lowest BCUT2D eigenvalue weighted by molar-refractivity contribution is -0.127. The van der Waals surface area contributed by atoms with Crippen molar-refractivity contribution in [3.05, 3.63) is 72.4 Å². The summed E-state index contributed by atoms with van der Waals surface area (Å²) in [6, 6.07) is 18.9. The van der Waals surface area contributed by atoms with Gasteiger partial charge in [0.15, 0.2) is 0 Å². The second-order valence-electron chi connectivity index (χ2n) is 9.72. The first-order chi connectivity index (χ1) is 17.2. The summed E-state index contributed by atoms with van der Waals surface area (Å²) in [4.78, 5) is 39.7. The predicted molar refractivity (Wildman–Crippen MR) is 135 cm³/mol. The Hall–Kier alpha value is -4.14. The lowest BCUT2D eigenvalue weighted by atomic mass is 9.96. The minimum atomic E-state index is -0.567. The second kappa shape index (κ2) is 10.6. The molecule has 1 aliphatic rings. The molecule has 0 aliphatic carbocycles.